The fraction of sp³-hybridized carbons (Fsp3) is 0.167. The molecule has 0 aliphatic carbocycles. The number of fused-ring (bicyclic) bond motifs is 1. The van der Waals surface area contributed by atoms with Crippen LogP contribution in [0.5, 0.6) is 0 Å². The molecule has 0 spiro atoms. The Kier molecular flexibility index (Phi) is 8.58. The molecule has 4 rings (SSSR count). The Hall–Kier alpha value is -2.77. The summed E-state index contributed by atoms with van der Waals surface area (Å²) in [7, 11) is 0. The Morgan fingerprint density at radius 3 is 2.42 bits per heavy atom. The second kappa shape index (κ2) is 11.4. The van der Waals surface area contributed by atoms with Gasteiger partial charge in [0.05, 0.1) is 4.92 Å². The minimum Gasteiger partial charge on any atom is -0.384 e. The SMILES string of the molecule is Cl.O=[N+]([O-])c1ccc(NCCNCc2cn(Cc3ccc(Cl)cc3Cl)c3ccccc23)cc1. The molecule has 4 aromatic rings. The predicted octanol–water partition coefficient (Wildman–Crippen LogP) is 6.53. The van der Waals surface area contributed by atoms with Crippen LogP contribution in [-0.4, -0.2) is 22.6 Å². The van der Waals surface area contributed by atoms with E-state index in [0.29, 0.717) is 23.1 Å². The number of aromatic nitrogens is 1. The fourth-order valence-corrected chi connectivity index (χ4v) is 4.12. The van der Waals surface area contributed by atoms with Crippen LogP contribution < -0.4 is 10.6 Å². The van der Waals surface area contributed by atoms with Crippen molar-refractivity contribution in [2.45, 2.75) is 13.1 Å². The molecule has 1 aromatic heterocycles. The molecule has 0 aliphatic heterocycles. The number of hydrogen-bond donors (Lipinski definition) is 2. The predicted molar refractivity (Wildman–Crippen MR) is 138 cm³/mol. The second-order valence-corrected chi connectivity index (χ2v) is 8.29. The van der Waals surface area contributed by atoms with E-state index in [1.807, 2.05) is 24.3 Å². The largest absolute Gasteiger partial charge is 0.384 e. The highest BCUT2D eigenvalue weighted by molar-refractivity contribution is 6.35. The lowest BCUT2D eigenvalue weighted by Gasteiger charge is -2.08. The van der Waals surface area contributed by atoms with E-state index in [2.05, 4.69) is 33.5 Å². The topological polar surface area (TPSA) is 72.1 Å². The maximum atomic E-state index is 10.7. The van der Waals surface area contributed by atoms with Crippen LogP contribution in [0.4, 0.5) is 11.4 Å². The maximum Gasteiger partial charge on any atom is 0.269 e. The number of anilines is 1. The molecular weight excluding hydrogens is 483 g/mol. The van der Waals surface area contributed by atoms with Gasteiger partial charge in [-0.15, -0.1) is 12.4 Å². The molecular formula is C24H23Cl3N4O2. The number of nitro benzene ring substituents is 1. The van der Waals surface area contributed by atoms with Crippen molar-refractivity contribution < 1.29 is 4.92 Å². The van der Waals surface area contributed by atoms with Gasteiger partial charge in [0.15, 0.2) is 0 Å². The van der Waals surface area contributed by atoms with Crippen molar-refractivity contribution in [1.82, 2.24) is 9.88 Å². The van der Waals surface area contributed by atoms with Crippen LogP contribution >= 0.6 is 35.6 Å². The van der Waals surface area contributed by atoms with Crippen LogP contribution in [0, 0.1) is 10.1 Å². The fourth-order valence-electron chi connectivity index (χ4n) is 3.65. The van der Waals surface area contributed by atoms with E-state index in [1.54, 1.807) is 18.2 Å². The lowest BCUT2D eigenvalue weighted by atomic mass is 10.2. The summed E-state index contributed by atoms with van der Waals surface area (Å²) in [5.41, 5.74) is 4.32. The Morgan fingerprint density at radius 2 is 1.70 bits per heavy atom. The van der Waals surface area contributed by atoms with E-state index in [-0.39, 0.29) is 18.1 Å². The van der Waals surface area contributed by atoms with E-state index < -0.39 is 4.92 Å². The van der Waals surface area contributed by atoms with Gasteiger partial charge in [0, 0.05) is 71.1 Å². The summed E-state index contributed by atoms with van der Waals surface area (Å²) < 4.78 is 2.20. The van der Waals surface area contributed by atoms with E-state index >= 15 is 0 Å². The number of halogens is 3. The van der Waals surface area contributed by atoms with Gasteiger partial charge in [0.25, 0.3) is 5.69 Å². The minimum absolute atomic E-state index is 0. The standard InChI is InChI=1S/C24H22Cl2N4O2.ClH/c25-19-6-5-17(23(26)13-19)15-29-16-18(22-3-1-2-4-24(22)29)14-27-11-12-28-20-7-9-21(10-8-20)30(31)32;/h1-10,13,16,27-28H,11-12,14-15H2;1H. The summed E-state index contributed by atoms with van der Waals surface area (Å²) in [6.07, 6.45) is 2.16. The summed E-state index contributed by atoms with van der Waals surface area (Å²) in [4.78, 5) is 10.3. The van der Waals surface area contributed by atoms with Gasteiger partial charge in [-0.05, 0) is 41.5 Å². The average molecular weight is 506 g/mol. The molecule has 0 fully saturated rings. The lowest BCUT2D eigenvalue weighted by molar-refractivity contribution is -0.384. The quantitative estimate of drug-likeness (QED) is 0.154. The molecule has 0 saturated heterocycles. The molecule has 0 aliphatic rings. The van der Waals surface area contributed by atoms with Crippen molar-refractivity contribution in [3.63, 3.8) is 0 Å². The van der Waals surface area contributed by atoms with Gasteiger partial charge < -0.3 is 15.2 Å². The highest BCUT2D eigenvalue weighted by Gasteiger charge is 2.10. The zero-order chi connectivity index (χ0) is 22.5. The highest BCUT2D eigenvalue weighted by Crippen LogP contribution is 2.26. The smallest absolute Gasteiger partial charge is 0.269 e. The number of nitro groups is 1. The molecule has 0 bridgehead atoms. The van der Waals surface area contributed by atoms with Gasteiger partial charge in [-0.3, -0.25) is 10.1 Å². The lowest BCUT2D eigenvalue weighted by Crippen LogP contribution is -2.21. The molecule has 33 heavy (non-hydrogen) atoms. The summed E-state index contributed by atoms with van der Waals surface area (Å²) in [6.45, 7) is 2.85. The van der Waals surface area contributed by atoms with Crippen molar-refractivity contribution in [3.8, 4) is 0 Å². The van der Waals surface area contributed by atoms with E-state index in [1.165, 1.54) is 23.1 Å². The Morgan fingerprint density at radius 1 is 0.939 bits per heavy atom. The van der Waals surface area contributed by atoms with Crippen LogP contribution in [0.25, 0.3) is 10.9 Å². The van der Waals surface area contributed by atoms with Gasteiger partial charge in [0.1, 0.15) is 0 Å². The summed E-state index contributed by atoms with van der Waals surface area (Å²) in [6, 6.07) is 20.3. The molecule has 3 aromatic carbocycles. The zero-order valence-corrected chi connectivity index (χ0v) is 20.0. The number of nitrogens with one attached hydrogen (secondary N) is 2. The second-order valence-electron chi connectivity index (χ2n) is 7.44. The van der Waals surface area contributed by atoms with E-state index in [9.17, 15) is 10.1 Å². The van der Waals surface area contributed by atoms with Crippen molar-refractivity contribution in [2.75, 3.05) is 18.4 Å². The summed E-state index contributed by atoms with van der Waals surface area (Å²) in [5.74, 6) is 0. The monoisotopic (exact) mass is 504 g/mol. The van der Waals surface area contributed by atoms with Gasteiger partial charge in [0.2, 0.25) is 0 Å². The van der Waals surface area contributed by atoms with Crippen LogP contribution in [-0.2, 0) is 13.1 Å². The molecule has 172 valence electrons. The third-order valence-corrected chi connectivity index (χ3v) is 5.84. The van der Waals surface area contributed by atoms with Crippen LogP contribution in [0.2, 0.25) is 10.0 Å². The number of rotatable bonds is 9. The Balaban J connectivity index is 0.00000306. The van der Waals surface area contributed by atoms with Crippen LogP contribution in [0.3, 0.4) is 0 Å². The van der Waals surface area contributed by atoms with E-state index in [0.717, 1.165) is 29.9 Å². The molecule has 0 atom stereocenters. The number of hydrogen-bond acceptors (Lipinski definition) is 4. The average Bonchev–Trinajstić information content (AvgIpc) is 3.13. The van der Waals surface area contributed by atoms with Crippen molar-refractivity contribution >= 4 is 57.9 Å². The van der Waals surface area contributed by atoms with Gasteiger partial charge >= 0.3 is 0 Å². The third-order valence-electron chi connectivity index (χ3n) is 5.25. The third kappa shape index (κ3) is 6.18. The van der Waals surface area contributed by atoms with Crippen molar-refractivity contribution in [1.29, 1.82) is 0 Å². The number of nitrogens with zero attached hydrogens (tertiary/aromatic N) is 2. The molecule has 0 unspecified atom stereocenters. The summed E-state index contributed by atoms with van der Waals surface area (Å²) >= 11 is 12.4. The Bertz CT molecular complexity index is 1240. The molecule has 0 amide bonds. The van der Waals surface area contributed by atoms with E-state index in [4.69, 9.17) is 23.2 Å². The first kappa shape index (κ1) is 24.9. The molecule has 1 heterocycles. The van der Waals surface area contributed by atoms with Gasteiger partial charge in [-0.2, -0.15) is 0 Å². The molecule has 6 nitrogen and oxygen atoms in total. The van der Waals surface area contributed by atoms with Crippen LogP contribution in [0.1, 0.15) is 11.1 Å². The first-order valence-corrected chi connectivity index (χ1v) is 11.0. The molecule has 0 saturated carbocycles. The zero-order valence-electron chi connectivity index (χ0n) is 17.6. The minimum atomic E-state index is -0.400. The first-order chi connectivity index (χ1) is 15.5. The Labute approximate surface area is 208 Å². The molecule has 9 heteroatoms. The summed E-state index contributed by atoms with van der Waals surface area (Å²) in [5, 5.41) is 20.0. The number of non-ortho nitro benzene ring substituents is 1. The highest BCUT2D eigenvalue weighted by atomic mass is 35.5. The molecule has 0 radical (unpaired) electrons. The number of benzene rings is 3. The van der Waals surface area contributed by atoms with Gasteiger partial charge in [-0.1, -0.05) is 47.5 Å². The van der Waals surface area contributed by atoms with Crippen LogP contribution in [0.15, 0.2) is 72.9 Å². The first-order valence-electron chi connectivity index (χ1n) is 10.2. The maximum absolute atomic E-state index is 10.7. The normalized spacial score (nSPS) is 10.7. The van der Waals surface area contributed by atoms with Crippen molar-refractivity contribution in [2.24, 2.45) is 0 Å². The van der Waals surface area contributed by atoms with Crippen molar-refractivity contribution in [3.05, 3.63) is 104 Å². The van der Waals surface area contributed by atoms with Gasteiger partial charge in [-0.25, -0.2) is 0 Å². The molecule has 2 N–H and O–H groups in total. The number of para-hydroxylation sites is 1.